The SMILES string of the molecule is Cc1cccc(C(C)C)c1NC(=O)C(C)Sc1nccn1-c1cccc(Cl)c1. The van der Waals surface area contributed by atoms with E-state index in [0.717, 1.165) is 27.7 Å². The quantitative estimate of drug-likeness (QED) is 0.498. The fraction of sp³-hybridized carbons (Fsp3) is 0.273. The third kappa shape index (κ3) is 4.59. The molecule has 1 amide bonds. The molecule has 6 heteroatoms. The summed E-state index contributed by atoms with van der Waals surface area (Å²) in [6.45, 7) is 8.17. The number of aromatic nitrogens is 2. The van der Waals surface area contributed by atoms with Gasteiger partial charge in [0.1, 0.15) is 0 Å². The Morgan fingerprint density at radius 3 is 2.64 bits per heavy atom. The lowest BCUT2D eigenvalue weighted by Gasteiger charge is -2.18. The monoisotopic (exact) mass is 413 g/mol. The van der Waals surface area contributed by atoms with Crippen LogP contribution >= 0.6 is 23.4 Å². The third-order valence-electron chi connectivity index (χ3n) is 4.52. The van der Waals surface area contributed by atoms with Crippen molar-refractivity contribution in [3.05, 3.63) is 71.0 Å². The van der Waals surface area contributed by atoms with Crippen LogP contribution in [0.15, 0.2) is 60.0 Å². The van der Waals surface area contributed by atoms with Crippen LogP contribution in [0.4, 0.5) is 5.69 Å². The van der Waals surface area contributed by atoms with E-state index >= 15 is 0 Å². The van der Waals surface area contributed by atoms with Crippen molar-refractivity contribution in [2.45, 2.75) is 44.0 Å². The van der Waals surface area contributed by atoms with Crippen molar-refractivity contribution in [3.63, 3.8) is 0 Å². The van der Waals surface area contributed by atoms with Crippen molar-refractivity contribution >= 4 is 35.0 Å². The van der Waals surface area contributed by atoms with E-state index in [1.54, 1.807) is 6.20 Å². The maximum Gasteiger partial charge on any atom is 0.237 e. The molecule has 1 aromatic heterocycles. The van der Waals surface area contributed by atoms with Crippen molar-refractivity contribution < 1.29 is 4.79 Å². The molecule has 0 aliphatic heterocycles. The van der Waals surface area contributed by atoms with Crippen molar-refractivity contribution in [1.29, 1.82) is 0 Å². The van der Waals surface area contributed by atoms with Crippen LogP contribution in [-0.2, 0) is 4.79 Å². The third-order valence-corrected chi connectivity index (χ3v) is 5.84. The molecular weight excluding hydrogens is 390 g/mol. The number of anilines is 1. The average molecular weight is 414 g/mol. The van der Waals surface area contributed by atoms with Crippen molar-refractivity contribution in [3.8, 4) is 5.69 Å². The molecule has 0 aliphatic rings. The molecule has 0 bridgehead atoms. The predicted molar refractivity (Wildman–Crippen MR) is 118 cm³/mol. The maximum atomic E-state index is 12.9. The normalized spacial score (nSPS) is 12.2. The number of imidazole rings is 1. The smallest absolute Gasteiger partial charge is 0.237 e. The van der Waals surface area contributed by atoms with E-state index in [9.17, 15) is 4.79 Å². The molecule has 0 radical (unpaired) electrons. The molecule has 146 valence electrons. The van der Waals surface area contributed by atoms with E-state index in [0.29, 0.717) is 10.9 Å². The summed E-state index contributed by atoms with van der Waals surface area (Å²) < 4.78 is 1.94. The molecular formula is C22H24ClN3OS. The first-order valence-electron chi connectivity index (χ1n) is 9.23. The average Bonchev–Trinajstić information content (AvgIpc) is 3.11. The molecule has 3 rings (SSSR count). The van der Waals surface area contributed by atoms with E-state index in [1.807, 2.05) is 61.0 Å². The van der Waals surface area contributed by atoms with Crippen LogP contribution in [-0.4, -0.2) is 20.7 Å². The van der Waals surface area contributed by atoms with Gasteiger partial charge in [-0.3, -0.25) is 9.36 Å². The van der Waals surface area contributed by atoms with Crippen molar-refractivity contribution in [1.82, 2.24) is 9.55 Å². The zero-order valence-corrected chi connectivity index (χ0v) is 18.0. The molecule has 1 atom stereocenters. The molecule has 1 N–H and O–H groups in total. The molecule has 0 saturated carbocycles. The Labute approximate surface area is 175 Å². The zero-order chi connectivity index (χ0) is 20.3. The Kier molecular flexibility index (Phi) is 6.47. The zero-order valence-electron chi connectivity index (χ0n) is 16.4. The number of para-hydroxylation sites is 1. The van der Waals surface area contributed by atoms with Crippen LogP contribution < -0.4 is 5.32 Å². The van der Waals surface area contributed by atoms with Crippen LogP contribution in [0, 0.1) is 6.92 Å². The first kappa shape index (κ1) is 20.5. The molecule has 2 aromatic carbocycles. The van der Waals surface area contributed by atoms with E-state index in [1.165, 1.54) is 11.8 Å². The maximum absolute atomic E-state index is 12.9. The minimum Gasteiger partial charge on any atom is -0.325 e. The van der Waals surface area contributed by atoms with Gasteiger partial charge in [0.25, 0.3) is 0 Å². The summed E-state index contributed by atoms with van der Waals surface area (Å²) in [6.07, 6.45) is 3.60. The minimum atomic E-state index is -0.306. The van der Waals surface area contributed by atoms with E-state index < -0.39 is 0 Å². The van der Waals surface area contributed by atoms with Crippen molar-refractivity contribution in [2.75, 3.05) is 5.32 Å². The van der Waals surface area contributed by atoms with Crippen molar-refractivity contribution in [2.24, 2.45) is 0 Å². The first-order valence-corrected chi connectivity index (χ1v) is 10.5. The molecule has 4 nitrogen and oxygen atoms in total. The highest BCUT2D eigenvalue weighted by Gasteiger charge is 2.20. The number of aryl methyl sites for hydroxylation is 1. The number of hydrogen-bond donors (Lipinski definition) is 1. The number of amides is 1. The lowest BCUT2D eigenvalue weighted by Crippen LogP contribution is -2.24. The van der Waals surface area contributed by atoms with Crippen LogP contribution in [0.1, 0.15) is 37.8 Å². The molecule has 0 aliphatic carbocycles. The van der Waals surface area contributed by atoms with Gasteiger partial charge in [-0.05, 0) is 49.1 Å². The number of hydrogen-bond acceptors (Lipinski definition) is 3. The largest absolute Gasteiger partial charge is 0.325 e. The summed E-state index contributed by atoms with van der Waals surface area (Å²) in [5, 5.41) is 4.23. The highest BCUT2D eigenvalue weighted by Crippen LogP contribution is 2.30. The van der Waals surface area contributed by atoms with Crippen LogP contribution in [0.2, 0.25) is 5.02 Å². The van der Waals surface area contributed by atoms with Gasteiger partial charge in [0.05, 0.1) is 5.25 Å². The lowest BCUT2D eigenvalue weighted by molar-refractivity contribution is -0.115. The van der Waals surface area contributed by atoms with Gasteiger partial charge < -0.3 is 5.32 Å². The van der Waals surface area contributed by atoms with Crippen LogP contribution in [0.25, 0.3) is 5.69 Å². The second-order valence-electron chi connectivity index (χ2n) is 7.00. The molecule has 0 fully saturated rings. The van der Waals surface area contributed by atoms with E-state index in [4.69, 9.17) is 11.6 Å². The highest BCUT2D eigenvalue weighted by atomic mass is 35.5. The number of benzene rings is 2. The Bertz CT molecular complexity index is 983. The summed E-state index contributed by atoms with van der Waals surface area (Å²) in [5.41, 5.74) is 4.04. The molecule has 3 aromatic rings. The topological polar surface area (TPSA) is 46.9 Å². The second-order valence-corrected chi connectivity index (χ2v) is 8.75. The number of carbonyl (C=O) groups is 1. The Morgan fingerprint density at radius 1 is 1.18 bits per heavy atom. The first-order chi connectivity index (χ1) is 13.4. The van der Waals surface area contributed by atoms with Gasteiger partial charge in [-0.25, -0.2) is 4.98 Å². The van der Waals surface area contributed by atoms with Gasteiger partial charge in [-0.2, -0.15) is 0 Å². The minimum absolute atomic E-state index is 0.0400. The van der Waals surface area contributed by atoms with Gasteiger partial charge in [-0.1, -0.05) is 61.5 Å². The van der Waals surface area contributed by atoms with Crippen LogP contribution in [0.5, 0.6) is 0 Å². The van der Waals surface area contributed by atoms with E-state index in [2.05, 4.69) is 30.2 Å². The summed E-state index contributed by atoms with van der Waals surface area (Å²) >= 11 is 7.53. The molecule has 28 heavy (non-hydrogen) atoms. The molecule has 1 heterocycles. The number of halogens is 1. The van der Waals surface area contributed by atoms with Gasteiger partial charge in [0, 0.05) is 28.8 Å². The van der Waals surface area contributed by atoms with Gasteiger partial charge >= 0.3 is 0 Å². The Balaban J connectivity index is 1.78. The Morgan fingerprint density at radius 2 is 1.93 bits per heavy atom. The lowest BCUT2D eigenvalue weighted by atomic mass is 9.98. The van der Waals surface area contributed by atoms with Gasteiger partial charge in [-0.15, -0.1) is 0 Å². The summed E-state index contributed by atoms with van der Waals surface area (Å²) in [4.78, 5) is 17.3. The fourth-order valence-electron chi connectivity index (χ4n) is 2.98. The number of nitrogens with zero attached hydrogens (tertiary/aromatic N) is 2. The van der Waals surface area contributed by atoms with Gasteiger partial charge in [0.2, 0.25) is 5.91 Å². The number of rotatable bonds is 6. The summed E-state index contributed by atoms with van der Waals surface area (Å²) in [6, 6.07) is 13.7. The molecule has 1 unspecified atom stereocenters. The summed E-state index contributed by atoms with van der Waals surface area (Å²) in [7, 11) is 0. The van der Waals surface area contributed by atoms with E-state index in [-0.39, 0.29) is 11.2 Å². The fourth-order valence-corrected chi connectivity index (χ4v) is 4.05. The second kappa shape index (κ2) is 8.84. The summed E-state index contributed by atoms with van der Waals surface area (Å²) in [5.74, 6) is 0.293. The van der Waals surface area contributed by atoms with Crippen LogP contribution in [0.3, 0.4) is 0 Å². The highest BCUT2D eigenvalue weighted by molar-refractivity contribution is 8.00. The standard InChI is InChI=1S/C22H24ClN3OS/c1-14(2)19-10-5-7-15(3)20(19)25-21(27)16(4)28-22-24-11-12-26(22)18-9-6-8-17(23)13-18/h5-14,16H,1-4H3,(H,25,27). The molecule has 0 saturated heterocycles. The Hall–Kier alpha value is -2.24. The predicted octanol–water partition coefficient (Wildman–Crippen LogP) is 6.08. The molecule has 0 spiro atoms. The number of thioether (sulfide) groups is 1. The number of nitrogens with one attached hydrogen (secondary N) is 1. The number of carbonyl (C=O) groups excluding carboxylic acids is 1. The van der Waals surface area contributed by atoms with Gasteiger partial charge in [0.15, 0.2) is 5.16 Å².